The molecular weight excluding hydrogens is 427 g/mol. The largest absolute Gasteiger partial charge is 0.416 e. The van der Waals surface area contributed by atoms with Crippen LogP contribution in [-0.4, -0.2) is 21.7 Å². The van der Waals surface area contributed by atoms with Gasteiger partial charge in [-0.3, -0.25) is 9.48 Å². The zero-order chi connectivity index (χ0) is 23.4. The molecule has 1 aromatic heterocycles. The van der Waals surface area contributed by atoms with Gasteiger partial charge in [0.05, 0.1) is 11.1 Å². The molecule has 5 rings (SSSR count). The van der Waals surface area contributed by atoms with Gasteiger partial charge in [-0.15, -0.1) is 0 Å². The first-order valence-electron chi connectivity index (χ1n) is 11.6. The molecule has 2 saturated carbocycles. The predicted molar refractivity (Wildman–Crippen MR) is 121 cm³/mol. The van der Waals surface area contributed by atoms with Crippen LogP contribution in [0.1, 0.15) is 66.7 Å². The molecule has 3 aromatic rings. The summed E-state index contributed by atoms with van der Waals surface area (Å²) in [6.45, 7) is 4.83. The highest BCUT2D eigenvalue weighted by molar-refractivity contribution is 6.06. The van der Waals surface area contributed by atoms with E-state index >= 15 is 0 Å². The second-order valence-electron chi connectivity index (χ2n) is 9.94. The molecule has 2 aromatic carbocycles. The summed E-state index contributed by atoms with van der Waals surface area (Å²) in [5.41, 5.74) is 2.29. The number of alkyl halides is 3. The molecule has 0 radical (unpaired) electrons. The summed E-state index contributed by atoms with van der Waals surface area (Å²) in [5.74, 6) is 0.583. The van der Waals surface area contributed by atoms with Crippen molar-refractivity contribution in [1.82, 2.24) is 15.1 Å². The minimum absolute atomic E-state index is 0.169. The first-order chi connectivity index (χ1) is 15.7. The van der Waals surface area contributed by atoms with Crippen molar-refractivity contribution < 1.29 is 18.0 Å². The van der Waals surface area contributed by atoms with Gasteiger partial charge in [0, 0.05) is 18.0 Å². The number of hydrogen-bond acceptors (Lipinski definition) is 2. The molecule has 0 saturated heterocycles. The maximum atomic E-state index is 13.2. The third-order valence-corrected chi connectivity index (χ3v) is 7.28. The van der Waals surface area contributed by atoms with Gasteiger partial charge in [-0.25, -0.2) is 0 Å². The van der Waals surface area contributed by atoms with Crippen molar-refractivity contribution in [3.63, 3.8) is 0 Å². The fourth-order valence-electron chi connectivity index (χ4n) is 6.02. The highest BCUT2D eigenvalue weighted by Crippen LogP contribution is 2.58. The minimum Gasteiger partial charge on any atom is -0.348 e. The molecule has 174 valence electrons. The number of carbonyl (C=O) groups excluding carboxylic acids is 1. The Labute approximate surface area is 191 Å². The first-order valence-corrected chi connectivity index (χ1v) is 11.6. The van der Waals surface area contributed by atoms with Crippen molar-refractivity contribution in [2.45, 2.75) is 64.7 Å². The normalized spacial score (nSPS) is 24.5. The number of hydrogen-bond donors (Lipinski definition) is 1. The number of nitrogens with zero attached hydrogens (tertiary/aromatic N) is 2. The van der Waals surface area contributed by atoms with E-state index in [1.54, 1.807) is 10.7 Å². The summed E-state index contributed by atoms with van der Waals surface area (Å²) < 4.78 is 41.3. The highest BCUT2D eigenvalue weighted by atomic mass is 19.4. The molecule has 1 amide bonds. The van der Waals surface area contributed by atoms with Crippen LogP contribution in [0.4, 0.5) is 13.2 Å². The molecule has 2 aliphatic carbocycles. The second kappa shape index (κ2) is 7.89. The number of nitrogens with one attached hydrogen (secondary N) is 1. The van der Waals surface area contributed by atoms with Crippen molar-refractivity contribution in [3.8, 4) is 0 Å². The van der Waals surface area contributed by atoms with Crippen molar-refractivity contribution >= 4 is 16.8 Å². The first kappa shape index (κ1) is 22.0. The van der Waals surface area contributed by atoms with Crippen LogP contribution in [0.25, 0.3) is 10.9 Å². The van der Waals surface area contributed by atoms with E-state index in [9.17, 15) is 18.0 Å². The second-order valence-corrected chi connectivity index (χ2v) is 9.94. The maximum absolute atomic E-state index is 13.2. The number of amides is 1. The average Bonchev–Trinajstić information content (AvgIpc) is 3.11. The molecule has 4 nitrogen and oxygen atoms in total. The van der Waals surface area contributed by atoms with Gasteiger partial charge in [0.2, 0.25) is 0 Å². The van der Waals surface area contributed by atoms with Crippen molar-refractivity contribution in [3.05, 3.63) is 64.8 Å². The van der Waals surface area contributed by atoms with E-state index in [-0.39, 0.29) is 11.9 Å². The van der Waals surface area contributed by atoms with Crippen LogP contribution in [0.5, 0.6) is 0 Å². The summed E-state index contributed by atoms with van der Waals surface area (Å²) in [6, 6.07) is 11.2. The smallest absolute Gasteiger partial charge is 0.348 e. The summed E-state index contributed by atoms with van der Waals surface area (Å²) in [6.07, 6.45) is 0.431. The molecule has 0 bridgehead atoms. The third-order valence-electron chi connectivity index (χ3n) is 7.28. The maximum Gasteiger partial charge on any atom is 0.416 e. The molecule has 1 N–H and O–H groups in total. The Morgan fingerprint density at radius 2 is 1.88 bits per heavy atom. The molecule has 0 aliphatic heterocycles. The summed E-state index contributed by atoms with van der Waals surface area (Å²) in [4.78, 5) is 13.2. The molecule has 33 heavy (non-hydrogen) atoms. The molecule has 2 fully saturated rings. The zero-order valence-corrected chi connectivity index (χ0v) is 18.9. The van der Waals surface area contributed by atoms with Crippen molar-refractivity contribution in [1.29, 1.82) is 0 Å². The SMILES string of the molecule is CCn1nc(C(=O)NC2CC3(CC(C)C3)C2)c2c(Cc3cccc(C(F)(F)F)c3)cccc21. The lowest BCUT2D eigenvalue weighted by molar-refractivity contribution is -0.137. The van der Waals surface area contributed by atoms with E-state index in [2.05, 4.69) is 17.3 Å². The molecule has 0 unspecified atom stereocenters. The molecule has 1 spiro atoms. The van der Waals surface area contributed by atoms with E-state index < -0.39 is 11.7 Å². The van der Waals surface area contributed by atoms with Gasteiger partial charge >= 0.3 is 6.18 Å². The number of halogens is 3. The monoisotopic (exact) mass is 455 g/mol. The van der Waals surface area contributed by atoms with E-state index in [1.165, 1.54) is 25.0 Å². The standard InChI is InChI=1S/C26H28F3N3O/c1-3-32-21-9-5-7-18(10-17-6-4-8-19(11-17)26(27,28)29)22(21)23(31-32)24(33)30-20-14-25(15-20)12-16(2)13-25/h4-9,11,16,20H,3,10,12-15H2,1-2H3,(H,30,33). The van der Waals surface area contributed by atoms with Crippen LogP contribution in [0.15, 0.2) is 42.5 Å². The van der Waals surface area contributed by atoms with E-state index in [0.29, 0.717) is 29.6 Å². The van der Waals surface area contributed by atoms with Crippen LogP contribution in [0.2, 0.25) is 0 Å². The fourth-order valence-corrected chi connectivity index (χ4v) is 6.02. The zero-order valence-electron chi connectivity index (χ0n) is 18.9. The van der Waals surface area contributed by atoms with Gasteiger partial charge < -0.3 is 5.32 Å². The van der Waals surface area contributed by atoms with E-state index in [0.717, 1.165) is 41.3 Å². The van der Waals surface area contributed by atoms with Gasteiger partial charge in [0.25, 0.3) is 5.91 Å². The van der Waals surface area contributed by atoms with Gasteiger partial charge in [-0.05, 0) is 73.6 Å². The van der Waals surface area contributed by atoms with Crippen LogP contribution in [-0.2, 0) is 19.1 Å². The van der Waals surface area contributed by atoms with Crippen LogP contribution >= 0.6 is 0 Å². The Bertz CT molecular complexity index is 1200. The third kappa shape index (κ3) is 4.02. The molecule has 7 heteroatoms. The van der Waals surface area contributed by atoms with Gasteiger partial charge in [-0.1, -0.05) is 37.3 Å². The predicted octanol–water partition coefficient (Wildman–Crippen LogP) is 5.97. The number of benzene rings is 2. The number of aromatic nitrogens is 2. The summed E-state index contributed by atoms with van der Waals surface area (Å²) in [5, 5.41) is 8.47. The van der Waals surface area contributed by atoms with Crippen molar-refractivity contribution in [2.75, 3.05) is 0 Å². The number of fused-ring (bicyclic) bond motifs is 1. The van der Waals surface area contributed by atoms with Crippen LogP contribution in [0, 0.1) is 11.3 Å². The summed E-state index contributed by atoms with van der Waals surface area (Å²) in [7, 11) is 0. The van der Waals surface area contributed by atoms with Gasteiger partial charge in [0.1, 0.15) is 0 Å². The average molecular weight is 456 g/mol. The topological polar surface area (TPSA) is 46.9 Å². The highest BCUT2D eigenvalue weighted by Gasteiger charge is 2.51. The van der Waals surface area contributed by atoms with Gasteiger partial charge in [0.15, 0.2) is 5.69 Å². The number of carbonyl (C=O) groups is 1. The molecule has 0 atom stereocenters. The Balaban J connectivity index is 1.43. The Morgan fingerprint density at radius 1 is 1.15 bits per heavy atom. The lowest BCUT2D eigenvalue weighted by atomic mass is 9.50. The Hall–Kier alpha value is -2.83. The molecule has 2 aliphatic rings. The lowest BCUT2D eigenvalue weighted by Gasteiger charge is -2.57. The summed E-state index contributed by atoms with van der Waals surface area (Å²) >= 11 is 0. The lowest BCUT2D eigenvalue weighted by Crippen LogP contribution is -2.55. The van der Waals surface area contributed by atoms with Crippen LogP contribution in [0.3, 0.4) is 0 Å². The number of aryl methyl sites for hydroxylation is 1. The van der Waals surface area contributed by atoms with Crippen LogP contribution < -0.4 is 5.32 Å². The fraction of sp³-hybridized carbons (Fsp3) is 0.462. The quantitative estimate of drug-likeness (QED) is 0.515. The van der Waals surface area contributed by atoms with Crippen molar-refractivity contribution in [2.24, 2.45) is 11.3 Å². The minimum atomic E-state index is -4.39. The van der Waals surface area contributed by atoms with E-state index in [1.807, 2.05) is 25.1 Å². The Morgan fingerprint density at radius 3 is 2.55 bits per heavy atom. The molecule has 1 heterocycles. The molecular formula is C26H28F3N3O. The number of rotatable bonds is 5. The van der Waals surface area contributed by atoms with Gasteiger partial charge in [-0.2, -0.15) is 18.3 Å². The van der Waals surface area contributed by atoms with E-state index in [4.69, 9.17) is 0 Å². The Kier molecular flexibility index (Phi) is 5.26.